The molecule has 1 heterocycles. The molecule has 1 aliphatic rings. The zero-order chi connectivity index (χ0) is 12.3. The molecule has 2 rings (SSSR count). The van der Waals surface area contributed by atoms with Crippen LogP contribution in [0.4, 0.5) is 0 Å². The van der Waals surface area contributed by atoms with Crippen molar-refractivity contribution in [1.82, 2.24) is 4.90 Å². The fourth-order valence-electron chi connectivity index (χ4n) is 1.66. The van der Waals surface area contributed by atoms with Crippen LogP contribution in [0.5, 0.6) is 0 Å². The van der Waals surface area contributed by atoms with E-state index < -0.39 is 0 Å². The van der Waals surface area contributed by atoms with Gasteiger partial charge in [-0.3, -0.25) is 14.5 Å². The van der Waals surface area contributed by atoms with Crippen molar-refractivity contribution in [2.24, 2.45) is 5.73 Å². The molecule has 0 aromatic heterocycles. The Morgan fingerprint density at radius 2 is 1.59 bits per heavy atom. The summed E-state index contributed by atoms with van der Waals surface area (Å²) in [7, 11) is 0. The Labute approximate surface area is 104 Å². The quantitative estimate of drug-likeness (QED) is 0.804. The van der Waals surface area contributed by atoms with Gasteiger partial charge in [-0.1, -0.05) is 24.3 Å². The molecule has 1 saturated heterocycles. The third-order valence-corrected chi connectivity index (χ3v) is 3.55. The summed E-state index contributed by atoms with van der Waals surface area (Å²) in [4.78, 5) is 24.5. The molecule has 0 saturated carbocycles. The van der Waals surface area contributed by atoms with E-state index >= 15 is 0 Å². The van der Waals surface area contributed by atoms with Crippen LogP contribution < -0.4 is 5.73 Å². The number of nitrogens with zero attached hydrogens (tertiary/aromatic N) is 1. The van der Waals surface area contributed by atoms with E-state index in [9.17, 15) is 9.59 Å². The minimum atomic E-state index is -0.103. The van der Waals surface area contributed by atoms with Crippen molar-refractivity contribution in [1.29, 1.82) is 0 Å². The van der Waals surface area contributed by atoms with E-state index in [4.69, 9.17) is 5.73 Å². The third-order valence-electron chi connectivity index (χ3n) is 2.65. The van der Waals surface area contributed by atoms with Crippen molar-refractivity contribution < 1.29 is 9.59 Å². The predicted molar refractivity (Wildman–Crippen MR) is 67.2 cm³/mol. The van der Waals surface area contributed by atoms with Crippen molar-refractivity contribution in [3.8, 4) is 0 Å². The lowest BCUT2D eigenvalue weighted by molar-refractivity contribution is -0.142. The molecule has 0 atom stereocenters. The average Bonchev–Trinajstić information content (AvgIpc) is 2.35. The van der Waals surface area contributed by atoms with Crippen molar-refractivity contribution >= 4 is 23.6 Å². The van der Waals surface area contributed by atoms with E-state index in [1.165, 1.54) is 16.7 Å². The molecular weight excluding hydrogens is 236 g/mol. The Morgan fingerprint density at radius 3 is 2.12 bits per heavy atom. The third kappa shape index (κ3) is 2.87. The first kappa shape index (κ1) is 12.1. The molecule has 0 bridgehead atoms. The van der Waals surface area contributed by atoms with Gasteiger partial charge in [-0.2, -0.15) is 0 Å². The summed E-state index contributed by atoms with van der Waals surface area (Å²) >= 11 is 1.37. The highest BCUT2D eigenvalue weighted by Gasteiger charge is 2.26. The highest BCUT2D eigenvalue weighted by molar-refractivity contribution is 8.00. The topological polar surface area (TPSA) is 63.4 Å². The maximum Gasteiger partial charge on any atom is 0.239 e. The second kappa shape index (κ2) is 5.33. The fourth-order valence-corrected chi connectivity index (χ4v) is 2.42. The van der Waals surface area contributed by atoms with E-state index in [-0.39, 0.29) is 11.8 Å². The summed E-state index contributed by atoms with van der Waals surface area (Å²) in [6.07, 6.45) is 0. The minimum absolute atomic E-state index is 0.103. The maximum absolute atomic E-state index is 11.6. The molecule has 17 heavy (non-hydrogen) atoms. The summed E-state index contributed by atoms with van der Waals surface area (Å²) in [5.41, 5.74) is 7.50. The zero-order valence-electron chi connectivity index (χ0n) is 9.39. The summed E-state index contributed by atoms with van der Waals surface area (Å²) in [5, 5.41) is 0. The van der Waals surface area contributed by atoms with Gasteiger partial charge in [0.1, 0.15) is 0 Å². The molecule has 1 aromatic rings. The van der Waals surface area contributed by atoms with Gasteiger partial charge in [-0.25, -0.2) is 0 Å². The van der Waals surface area contributed by atoms with Crippen LogP contribution in [-0.4, -0.2) is 28.2 Å². The van der Waals surface area contributed by atoms with Gasteiger partial charge in [0.2, 0.25) is 11.8 Å². The lowest BCUT2D eigenvalue weighted by Gasteiger charge is -2.24. The molecule has 0 spiro atoms. The van der Waals surface area contributed by atoms with Gasteiger partial charge in [-0.15, -0.1) is 11.8 Å². The van der Waals surface area contributed by atoms with Crippen molar-refractivity contribution in [3.05, 3.63) is 35.4 Å². The number of rotatable bonds is 3. The number of benzene rings is 1. The Morgan fingerprint density at radius 1 is 1.06 bits per heavy atom. The highest BCUT2D eigenvalue weighted by atomic mass is 32.2. The van der Waals surface area contributed by atoms with Gasteiger partial charge in [0.25, 0.3) is 0 Å². The Bertz CT molecular complexity index is 415. The molecule has 2 N–H and O–H groups in total. The van der Waals surface area contributed by atoms with Crippen LogP contribution in [0.15, 0.2) is 24.3 Å². The standard InChI is InChI=1S/C12H14N2O2S/c13-5-9-1-3-10(4-2-9)6-14-11(15)7-17-8-12(14)16/h1-4H,5-8,13H2. The van der Waals surface area contributed by atoms with Crippen molar-refractivity contribution in [3.63, 3.8) is 0 Å². The largest absolute Gasteiger partial charge is 0.326 e. The number of thioether (sulfide) groups is 1. The van der Waals surface area contributed by atoms with Crippen LogP contribution in [0.2, 0.25) is 0 Å². The Balaban J connectivity index is 2.08. The van der Waals surface area contributed by atoms with Crippen LogP contribution in [0.25, 0.3) is 0 Å². The van der Waals surface area contributed by atoms with E-state index in [0.29, 0.717) is 24.6 Å². The number of amides is 2. The monoisotopic (exact) mass is 250 g/mol. The van der Waals surface area contributed by atoms with Gasteiger partial charge in [-0.05, 0) is 11.1 Å². The second-order valence-electron chi connectivity index (χ2n) is 3.89. The number of carbonyl (C=O) groups is 2. The predicted octanol–water partition coefficient (Wildman–Crippen LogP) is 0.747. The molecule has 0 radical (unpaired) electrons. The smallest absolute Gasteiger partial charge is 0.239 e. The highest BCUT2D eigenvalue weighted by Crippen LogP contribution is 2.15. The summed E-state index contributed by atoms with van der Waals surface area (Å²) in [6.45, 7) is 0.863. The summed E-state index contributed by atoms with van der Waals surface area (Å²) in [5.74, 6) is 0.586. The Kier molecular flexibility index (Phi) is 3.81. The zero-order valence-corrected chi connectivity index (χ0v) is 10.2. The van der Waals surface area contributed by atoms with Gasteiger partial charge < -0.3 is 5.73 Å². The molecule has 1 aromatic carbocycles. The SMILES string of the molecule is NCc1ccc(CN2C(=O)CSCC2=O)cc1. The molecule has 2 amide bonds. The molecular formula is C12H14N2O2S. The lowest BCUT2D eigenvalue weighted by Crippen LogP contribution is -2.42. The number of hydrogen-bond acceptors (Lipinski definition) is 4. The first-order chi connectivity index (χ1) is 8.20. The molecule has 0 aliphatic carbocycles. The number of carbonyl (C=O) groups excluding carboxylic acids is 2. The lowest BCUT2D eigenvalue weighted by atomic mass is 10.1. The van der Waals surface area contributed by atoms with E-state index in [1.807, 2.05) is 24.3 Å². The molecule has 4 nitrogen and oxygen atoms in total. The number of imide groups is 1. The molecule has 1 fully saturated rings. The van der Waals surface area contributed by atoms with Crippen molar-refractivity contribution in [2.45, 2.75) is 13.1 Å². The maximum atomic E-state index is 11.6. The van der Waals surface area contributed by atoms with Crippen molar-refractivity contribution in [2.75, 3.05) is 11.5 Å². The van der Waals surface area contributed by atoms with Gasteiger partial charge >= 0.3 is 0 Å². The summed E-state index contributed by atoms with van der Waals surface area (Å²) < 4.78 is 0. The molecule has 0 unspecified atom stereocenters. The van der Waals surface area contributed by atoms with Gasteiger partial charge in [0, 0.05) is 6.54 Å². The normalized spacial score (nSPS) is 16.4. The van der Waals surface area contributed by atoms with Crippen LogP contribution in [-0.2, 0) is 22.7 Å². The average molecular weight is 250 g/mol. The Hall–Kier alpha value is -1.33. The number of nitrogens with two attached hydrogens (primary N) is 1. The van der Waals surface area contributed by atoms with E-state index in [2.05, 4.69) is 0 Å². The fraction of sp³-hybridized carbons (Fsp3) is 0.333. The second-order valence-corrected chi connectivity index (χ2v) is 4.87. The molecule has 5 heteroatoms. The van der Waals surface area contributed by atoms with Gasteiger partial charge in [0.15, 0.2) is 0 Å². The van der Waals surface area contributed by atoms with Crippen LogP contribution >= 0.6 is 11.8 Å². The molecule has 90 valence electrons. The van der Waals surface area contributed by atoms with E-state index in [1.54, 1.807) is 0 Å². The molecule has 1 aliphatic heterocycles. The number of hydrogen-bond donors (Lipinski definition) is 1. The van der Waals surface area contributed by atoms with Crippen LogP contribution in [0, 0.1) is 0 Å². The minimum Gasteiger partial charge on any atom is -0.326 e. The first-order valence-electron chi connectivity index (χ1n) is 5.39. The summed E-state index contributed by atoms with van der Waals surface area (Å²) in [6, 6.07) is 7.65. The van der Waals surface area contributed by atoms with Crippen LogP contribution in [0.1, 0.15) is 11.1 Å². The van der Waals surface area contributed by atoms with E-state index in [0.717, 1.165) is 11.1 Å². The first-order valence-corrected chi connectivity index (χ1v) is 6.55. The van der Waals surface area contributed by atoms with Crippen LogP contribution in [0.3, 0.4) is 0 Å². The van der Waals surface area contributed by atoms with Gasteiger partial charge in [0.05, 0.1) is 18.1 Å².